The highest BCUT2D eigenvalue weighted by Crippen LogP contribution is 2.27. The summed E-state index contributed by atoms with van der Waals surface area (Å²) in [6, 6.07) is 14.8. The number of sulfonamides is 1. The Balaban J connectivity index is 1.60. The van der Waals surface area contributed by atoms with E-state index >= 15 is 0 Å². The Kier molecular flexibility index (Phi) is 5.81. The van der Waals surface area contributed by atoms with E-state index in [0.717, 1.165) is 5.56 Å². The summed E-state index contributed by atoms with van der Waals surface area (Å²) in [6.45, 7) is 0.806. The molecule has 0 aromatic heterocycles. The predicted octanol–water partition coefficient (Wildman–Crippen LogP) is 1.97. The van der Waals surface area contributed by atoms with Gasteiger partial charge in [0.25, 0.3) is 0 Å². The molecule has 0 bridgehead atoms. The predicted molar refractivity (Wildman–Crippen MR) is 112 cm³/mol. The van der Waals surface area contributed by atoms with Crippen LogP contribution in [0.4, 0.5) is 0 Å². The van der Waals surface area contributed by atoms with Gasteiger partial charge >= 0.3 is 0 Å². The summed E-state index contributed by atoms with van der Waals surface area (Å²) in [5, 5.41) is 0.135. The maximum atomic E-state index is 13.2. The molecule has 2 heterocycles. The van der Waals surface area contributed by atoms with Crippen molar-refractivity contribution in [3.8, 4) is 0 Å². The van der Waals surface area contributed by atoms with E-state index in [4.69, 9.17) is 11.6 Å². The first-order chi connectivity index (χ1) is 14.4. The Morgan fingerprint density at radius 2 is 1.67 bits per heavy atom. The highest BCUT2D eigenvalue weighted by molar-refractivity contribution is 7.89. The lowest BCUT2D eigenvalue weighted by molar-refractivity contribution is -0.156. The first kappa shape index (κ1) is 20.8. The normalized spacial score (nSPS) is 20.8. The third-order valence-electron chi connectivity index (χ3n) is 5.47. The number of nitrogens with zero attached hydrogens (tertiary/aromatic N) is 3. The number of carbonyl (C=O) groups is 2. The van der Waals surface area contributed by atoms with Gasteiger partial charge in [0, 0.05) is 26.2 Å². The Bertz CT molecular complexity index is 1060. The number of carbonyl (C=O) groups excluding carboxylic acids is 2. The minimum absolute atomic E-state index is 0.00148. The Morgan fingerprint density at radius 1 is 0.967 bits per heavy atom. The second-order valence-corrected chi connectivity index (χ2v) is 9.74. The van der Waals surface area contributed by atoms with Crippen molar-refractivity contribution in [3.63, 3.8) is 0 Å². The fourth-order valence-electron chi connectivity index (χ4n) is 3.96. The fraction of sp³-hybridized carbons (Fsp3) is 0.333. The highest BCUT2D eigenvalue weighted by atomic mass is 35.5. The van der Waals surface area contributed by atoms with Crippen LogP contribution in [0.1, 0.15) is 12.0 Å². The molecule has 7 nitrogen and oxygen atoms in total. The van der Waals surface area contributed by atoms with Crippen LogP contribution in [0.15, 0.2) is 59.5 Å². The number of hydrogen-bond acceptors (Lipinski definition) is 4. The van der Waals surface area contributed by atoms with E-state index < -0.39 is 16.1 Å². The number of fused-ring (bicyclic) bond motifs is 1. The standard InChI is InChI=1S/C21H22ClN3O4S/c22-17-9-4-5-10-19(17)30(28,29)24-11-6-12-25-18(14-24)21(27)23(15-20(25)26)13-16-7-2-1-3-8-16/h1-5,7-10,18H,6,11-15H2. The van der Waals surface area contributed by atoms with E-state index in [1.165, 1.54) is 26.2 Å². The van der Waals surface area contributed by atoms with E-state index in [9.17, 15) is 18.0 Å². The maximum Gasteiger partial charge on any atom is 0.247 e. The smallest absolute Gasteiger partial charge is 0.247 e. The summed E-state index contributed by atoms with van der Waals surface area (Å²) >= 11 is 6.13. The lowest BCUT2D eigenvalue weighted by Gasteiger charge is -2.40. The molecule has 158 valence electrons. The summed E-state index contributed by atoms with van der Waals surface area (Å²) in [5.74, 6) is -0.396. The molecule has 2 fully saturated rings. The van der Waals surface area contributed by atoms with Crippen molar-refractivity contribution in [1.82, 2.24) is 14.1 Å². The molecular weight excluding hydrogens is 426 g/mol. The van der Waals surface area contributed by atoms with Gasteiger partial charge in [0.05, 0.1) is 5.02 Å². The lowest BCUT2D eigenvalue weighted by atomic mass is 10.1. The highest BCUT2D eigenvalue weighted by Gasteiger charge is 2.43. The molecule has 4 rings (SSSR count). The average molecular weight is 448 g/mol. The third kappa shape index (κ3) is 3.95. The molecule has 0 N–H and O–H groups in total. The molecule has 0 aliphatic carbocycles. The Labute approximate surface area is 180 Å². The van der Waals surface area contributed by atoms with Gasteiger partial charge in [-0.25, -0.2) is 8.42 Å². The van der Waals surface area contributed by atoms with E-state index in [1.54, 1.807) is 12.1 Å². The van der Waals surface area contributed by atoms with Crippen LogP contribution in [0.2, 0.25) is 5.02 Å². The molecule has 9 heteroatoms. The number of piperazine rings is 1. The number of hydrogen-bond donors (Lipinski definition) is 0. The van der Waals surface area contributed by atoms with E-state index in [-0.39, 0.29) is 41.4 Å². The van der Waals surface area contributed by atoms with Crippen molar-refractivity contribution in [1.29, 1.82) is 0 Å². The van der Waals surface area contributed by atoms with Gasteiger partial charge in [0.2, 0.25) is 21.8 Å². The molecule has 2 aliphatic heterocycles. The zero-order valence-corrected chi connectivity index (χ0v) is 17.8. The van der Waals surface area contributed by atoms with Gasteiger partial charge in [-0.15, -0.1) is 0 Å². The first-order valence-electron chi connectivity index (χ1n) is 9.75. The maximum absolute atomic E-state index is 13.2. The second-order valence-electron chi connectivity index (χ2n) is 7.43. The first-order valence-corrected chi connectivity index (χ1v) is 11.6. The van der Waals surface area contributed by atoms with Crippen molar-refractivity contribution in [2.45, 2.75) is 23.9 Å². The van der Waals surface area contributed by atoms with Crippen molar-refractivity contribution >= 4 is 33.4 Å². The number of amides is 2. The minimum Gasteiger partial charge on any atom is -0.328 e. The van der Waals surface area contributed by atoms with Crippen molar-refractivity contribution < 1.29 is 18.0 Å². The van der Waals surface area contributed by atoms with Crippen LogP contribution in [-0.2, 0) is 26.2 Å². The second kappa shape index (κ2) is 8.37. The van der Waals surface area contributed by atoms with Gasteiger partial charge < -0.3 is 9.80 Å². The molecule has 1 atom stereocenters. The van der Waals surface area contributed by atoms with E-state index in [0.29, 0.717) is 19.5 Å². The molecule has 2 aliphatic rings. The molecule has 0 saturated carbocycles. The topological polar surface area (TPSA) is 78.0 Å². The molecule has 0 spiro atoms. The minimum atomic E-state index is -3.89. The zero-order valence-electron chi connectivity index (χ0n) is 16.3. The summed E-state index contributed by atoms with van der Waals surface area (Å²) < 4.78 is 27.7. The van der Waals surface area contributed by atoms with Crippen LogP contribution in [-0.4, -0.2) is 66.6 Å². The summed E-state index contributed by atoms with van der Waals surface area (Å²) in [6.07, 6.45) is 0.456. The molecule has 1 unspecified atom stereocenters. The summed E-state index contributed by atoms with van der Waals surface area (Å²) in [5.41, 5.74) is 0.918. The van der Waals surface area contributed by atoms with Gasteiger partial charge in [-0.1, -0.05) is 54.1 Å². The van der Waals surface area contributed by atoms with Crippen LogP contribution in [0.5, 0.6) is 0 Å². The summed E-state index contributed by atoms with van der Waals surface area (Å²) in [4.78, 5) is 29.0. The number of benzene rings is 2. The molecule has 2 amide bonds. The SMILES string of the molecule is O=C1C2CN(S(=O)(=O)c3ccccc3Cl)CCCN2C(=O)CN1Cc1ccccc1. The van der Waals surface area contributed by atoms with Crippen LogP contribution in [0.25, 0.3) is 0 Å². The van der Waals surface area contributed by atoms with Gasteiger partial charge in [0.15, 0.2) is 0 Å². The van der Waals surface area contributed by atoms with Crippen LogP contribution in [0.3, 0.4) is 0 Å². The molecular formula is C21H22ClN3O4S. The third-order valence-corrected chi connectivity index (χ3v) is 7.84. The van der Waals surface area contributed by atoms with E-state index in [1.807, 2.05) is 30.3 Å². The van der Waals surface area contributed by atoms with Gasteiger partial charge in [0.1, 0.15) is 17.5 Å². The van der Waals surface area contributed by atoms with Crippen molar-refractivity contribution in [3.05, 3.63) is 65.2 Å². The Hall–Kier alpha value is -2.42. The molecule has 0 radical (unpaired) electrons. The monoisotopic (exact) mass is 447 g/mol. The Morgan fingerprint density at radius 3 is 2.40 bits per heavy atom. The summed E-state index contributed by atoms with van der Waals surface area (Å²) in [7, 11) is -3.89. The average Bonchev–Trinajstić information content (AvgIpc) is 2.97. The number of halogens is 1. The van der Waals surface area contributed by atoms with Gasteiger partial charge in [-0.2, -0.15) is 4.31 Å². The number of rotatable bonds is 4. The van der Waals surface area contributed by atoms with Crippen LogP contribution < -0.4 is 0 Å². The lowest BCUT2D eigenvalue weighted by Crippen LogP contribution is -2.61. The molecule has 30 heavy (non-hydrogen) atoms. The quantitative estimate of drug-likeness (QED) is 0.718. The molecule has 2 aromatic carbocycles. The molecule has 2 saturated heterocycles. The van der Waals surface area contributed by atoms with Crippen LogP contribution in [0, 0.1) is 0 Å². The van der Waals surface area contributed by atoms with Gasteiger partial charge in [-0.05, 0) is 24.1 Å². The fourth-order valence-corrected chi connectivity index (χ4v) is 5.94. The van der Waals surface area contributed by atoms with Gasteiger partial charge in [-0.3, -0.25) is 9.59 Å². The van der Waals surface area contributed by atoms with Crippen molar-refractivity contribution in [2.75, 3.05) is 26.2 Å². The molecule has 2 aromatic rings. The largest absolute Gasteiger partial charge is 0.328 e. The van der Waals surface area contributed by atoms with Crippen molar-refractivity contribution in [2.24, 2.45) is 0 Å². The zero-order chi connectivity index (χ0) is 21.3. The van der Waals surface area contributed by atoms with Crippen LogP contribution >= 0.6 is 11.6 Å². The van der Waals surface area contributed by atoms with E-state index in [2.05, 4.69) is 0 Å².